The maximum atomic E-state index is 12.6. The van der Waals surface area contributed by atoms with Crippen molar-refractivity contribution in [3.63, 3.8) is 0 Å². The largest absolute Gasteiger partial charge is 0.480 e. The molecule has 3 amide bonds. The molecule has 0 bridgehead atoms. The first-order valence-corrected chi connectivity index (χ1v) is 9.79. The van der Waals surface area contributed by atoms with Crippen molar-refractivity contribution in [3.05, 3.63) is 35.9 Å². The Labute approximate surface area is 174 Å². The second-order valence-electron chi connectivity index (χ2n) is 7.30. The summed E-state index contributed by atoms with van der Waals surface area (Å²) in [6, 6.07) is 5.04. The zero-order chi connectivity index (χ0) is 22.3. The zero-order valence-electron chi connectivity index (χ0n) is 16.8. The highest BCUT2D eigenvalue weighted by Gasteiger charge is 2.37. The van der Waals surface area contributed by atoms with Crippen LogP contribution in [0.25, 0.3) is 0 Å². The molecular weight excluding hydrogens is 392 g/mol. The standard InChI is InChI=1S/C20H28N4O6/c1-12(22-18(27)14(21)10-13-6-3-2-4-7-13)17(26)23-15(11-25)19(28)24-9-5-8-16(24)20(29)30/h2-4,6-7,12,14-16,25H,5,8-11,21H2,1H3,(H,22,27)(H,23,26)(H,29,30). The Hall–Kier alpha value is -2.98. The molecule has 30 heavy (non-hydrogen) atoms. The van der Waals surface area contributed by atoms with Gasteiger partial charge in [-0.3, -0.25) is 14.4 Å². The molecule has 1 saturated heterocycles. The summed E-state index contributed by atoms with van der Waals surface area (Å²) in [6.45, 7) is 0.974. The molecule has 0 aromatic heterocycles. The van der Waals surface area contributed by atoms with Gasteiger partial charge in [-0.1, -0.05) is 30.3 Å². The summed E-state index contributed by atoms with van der Waals surface area (Å²) in [5.41, 5.74) is 6.78. The highest BCUT2D eigenvalue weighted by atomic mass is 16.4. The number of benzene rings is 1. The number of carboxylic acid groups (broad SMARTS) is 1. The average molecular weight is 420 g/mol. The van der Waals surface area contributed by atoms with Crippen LogP contribution in [-0.4, -0.2) is 76.1 Å². The first kappa shape index (κ1) is 23.3. The lowest BCUT2D eigenvalue weighted by Crippen LogP contribution is -2.57. The van der Waals surface area contributed by atoms with Gasteiger partial charge in [0.05, 0.1) is 12.6 Å². The summed E-state index contributed by atoms with van der Waals surface area (Å²) >= 11 is 0. The summed E-state index contributed by atoms with van der Waals surface area (Å²) < 4.78 is 0. The number of hydrogen-bond acceptors (Lipinski definition) is 6. The van der Waals surface area contributed by atoms with Crippen molar-refractivity contribution in [2.24, 2.45) is 5.73 Å². The van der Waals surface area contributed by atoms with E-state index in [0.717, 1.165) is 10.5 Å². The third kappa shape index (κ3) is 6.01. The molecule has 1 aliphatic rings. The molecule has 1 heterocycles. The van der Waals surface area contributed by atoms with E-state index in [2.05, 4.69) is 10.6 Å². The van der Waals surface area contributed by atoms with Gasteiger partial charge in [-0.25, -0.2) is 4.79 Å². The van der Waals surface area contributed by atoms with Gasteiger partial charge in [0, 0.05) is 6.54 Å². The predicted octanol–water partition coefficient (Wildman–Crippen LogP) is -1.39. The number of amides is 3. The maximum Gasteiger partial charge on any atom is 0.326 e. The number of nitrogens with zero attached hydrogens (tertiary/aromatic N) is 1. The molecule has 0 saturated carbocycles. The maximum absolute atomic E-state index is 12.6. The lowest BCUT2D eigenvalue weighted by atomic mass is 10.1. The molecule has 0 radical (unpaired) electrons. The summed E-state index contributed by atoms with van der Waals surface area (Å²) in [5.74, 6) is -3.01. The normalized spacial score (nSPS) is 18.9. The van der Waals surface area contributed by atoms with E-state index in [-0.39, 0.29) is 6.54 Å². The molecule has 10 nitrogen and oxygen atoms in total. The second kappa shape index (κ2) is 10.7. The number of nitrogens with one attached hydrogen (secondary N) is 2. The van der Waals surface area contributed by atoms with Gasteiger partial charge < -0.3 is 31.5 Å². The highest BCUT2D eigenvalue weighted by Crippen LogP contribution is 2.18. The van der Waals surface area contributed by atoms with Crippen LogP contribution in [0.2, 0.25) is 0 Å². The predicted molar refractivity (Wildman–Crippen MR) is 107 cm³/mol. The fraction of sp³-hybridized carbons (Fsp3) is 0.500. The van der Waals surface area contributed by atoms with Crippen molar-refractivity contribution in [3.8, 4) is 0 Å². The molecule has 6 N–H and O–H groups in total. The van der Waals surface area contributed by atoms with Crippen molar-refractivity contribution in [2.45, 2.75) is 50.4 Å². The first-order valence-electron chi connectivity index (χ1n) is 9.79. The number of aliphatic carboxylic acids is 1. The molecule has 4 unspecified atom stereocenters. The van der Waals surface area contributed by atoms with E-state index in [1.807, 2.05) is 30.3 Å². The third-order valence-electron chi connectivity index (χ3n) is 5.01. The molecule has 2 rings (SSSR count). The monoisotopic (exact) mass is 420 g/mol. The Bertz CT molecular complexity index is 772. The number of likely N-dealkylation sites (tertiary alicyclic amines) is 1. The minimum absolute atomic E-state index is 0.239. The van der Waals surface area contributed by atoms with Crippen molar-refractivity contribution in [1.29, 1.82) is 0 Å². The Balaban J connectivity index is 1.90. The van der Waals surface area contributed by atoms with Gasteiger partial charge in [-0.15, -0.1) is 0 Å². The smallest absolute Gasteiger partial charge is 0.326 e. The summed E-state index contributed by atoms with van der Waals surface area (Å²) in [4.78, 5) is 49.6. The Kier molecular flexibility index (Phi) is 8.31. The number of carbonyl (C=O) groups is 4. The summed E-state index contributed by atoms with van der Waals surface area (Å²) in [6.07, 6.45) is 1.14. The zero-order valence-corrected chi connectivity index (χ0v) is 16.8. The molecule has 1 aliphatic heterocycles. The Morgan fingerprint density at radius 2 is 1.83 bits per heavy atom. The van der Waals surface area contributed by atoms with Crippen LogP contribution in [0.15, 0.2) is 30.3 Å². The number of hydrogen-bond donors (Lipinski definition) is 5. The first-order chi connectivity index (χ1) is 14.2. The highest BCUT2D eigenvalue weighted by molar-refractivity contribution is 5.94. The van der Waals surface area contributed by atoms with Crippen LogP contribution in [0, 0.1) is 0 Å². The molecule has 10 heteroatoms. The van der Waals surface area contributed by atoms with Crippen LogP contribution in [0.4, 0.5) is 0 Å². The number of aliphatic hydroxyl groups is 1. The van der Waals surface area contributed by atoms with E-state index in [4.69, 9.17) is 5.73 Å². The minimum atomic E-state index is -1.30. The summed E-state index contributed by atoms with van der Waals surface area (Å²) in [5, 5.41) is 23.6. The number of aliphatic hydroxyl groups excluding tert-OH is 1. The second-order valence-corrected chi connectivity index (χ2v) is 7.30. The van der Waals surface area contributed by atoms with Crippen LogP contribution < -0.4 is 16.4 Å². The summed E-state index contributed by atoms with van der Waals surface area (Å²) in [7, 11) is 0. The third-order valence-corrected chi connectivity index (χ3v) is 5.01. The lowest BCUT2D eigenvalue weighted by Gasteiger charge is -2.27. The molecule has 0 spiro atoms. The van der Waals surface area contributed by atoms with Crippen LogP contribution in [0.1, 0.15) is 25.3 Å². The van der Waals surface area contributed by atoms with Gasteiger partial charge >= 0.3 is 5.97 Å². The van der Waals surface area contributed by atoms with E-state index >= 15 is 0 Å². The number of carbonyl (C=O) groups excluding carboxylic acids is 3. The van der Waals surface area contributed by atoms with Gasteiger partial charge in [0.2, 0.25) is 17.7 Å². The lowest BCUT2D eigenvalue weighted by molar-refractivity contribution is -0.150. The van der Waals surface area contributed by atoms with E-state index < -0.39 is 54.5 Å². The van der Waals surface area contributed by atoms with E-state index in [1.54, 1.807) is 0 Å². The molecular formula is C20H28N4O6. The fourth-order valence-corrected chi connectivity index (χ4v) is 3.32. The van der Waals surface area contributed by atoms with Crippen molar-refractivity contribution in [1.82, 2.24) is 15.5 Å². The van der Waals surface area contributed by atoms with Crippen LogP contribution in [-0.2, 0) is 25.6 Å². The topological polar surface area (TPSA) is 162 Å². The van der Waals surface area contributed by atoms with Gasteiger partial charge in [0.15, 0.2) is 0 Å². The molecule has 0 aliphatic carbocycles. The average Bonchev–Trinajstić information content (AvgIpc) is 3.22. The minimum Gasteiger partial charge on any atom is -0.480 e. The molecule has 1 fully saturated rings. The quantitative estimate of drug-likeness (QED) is 0.329. The molecule has 1 aromatic carbocycles. The fourth-order valence-electron chi connectivity index (χ4n) is 3.32. The SMILES string of the molecule is CC(NC(=O)C(N)Cc1ccccc1)C(=O)NC(CO)C(=O)N1CCCC1C(=O)O. The van der Waals surface area contributed by atoms with Crippen LogP contribution in [0.5, 0.6) is 0 Å². The van der Waals surface area contributed by atoms with Gasteiger partial charge in [-0.05, 0) is 31.7 Å². The number of carboxylic acids is 1. The van der Waals surface area contributed by atoms with Crippen LogP contribution >= 0.6 is 0 Å². The molecule has 1 aromatic rings. The van der Waals surface area contributed by atoms with Crippen molar-refractivity contribution in [2.75, 3.05) is 13.2 Å². The van der Waals surface area contributed by atoms with Gasteiger partial charge in [0.1, 0.15) is 18.1 Å². The van der Waals surface area contributed by atoms with Crippen molar-refractivity contribution < 1.29 is 29.4 Å². The Morgan fingerprint density at radius 3 is 2.43 bits per heavy atom. The number of nitrogens with two attached hydrogens (primary N) is 1. The van der Waals surface area contributed by atoms with E-state index in [1.165, 1.54) is 6.92 Å². The molecule has 4 atom stereocenters. The van der Waals surface area contributed by atoms with Gasteiger partial charge in [-0.2, -0.15) is 0 Å². The van der Waals surface area contributed by atoms with Crippen LogP contribution in [0.3, 0.4) is 0 Å². The van der Waals surface area contributed by atoms with Crippen molar-refractivity contribution >= 4 is 23.7 Å². The van der Waals surface area contributed by atoms with E-state index in [0.29, 0.717) is 19.3 Å². The Morgan fingerprint density at radius 1 is 1.17 bits per heavy atom. The van der Waals surface area contributed by atoms with E-state index in [9.17, 15) is 29.4 Å². The molecule has 164 valence electrons. The number of rotatable bonds is 9. The van der Waals surface area contributed by atoms with Gasteiger partial charge in [0.25, 0.3) is 0 Å².